The number of aromatic nitrogens is 4. The molecule has 0 saturated carbocycles. The molecule has 7 heteroatoms. The van der Waals surface area contributed by atoms with Crippen LogP contribution in [0.4, 0.5) is 0 Å². The van der Waals surface area contributed by atoms with Gasteiger partial charge in [-0.15, -0.1) is 5.10 Å². The fraction of sp³-hybridized carbons (Fsp3) is 0.250. The van der Waals surface area contributed by atoms with E-state index in [0.29, 0.717) is 5.82 Å². The third kappa shape index (κ3) is 1.88. The largest absolute Gasteiger partial charge is 0.387 e. The van der Waals surface area contributed by atoms with Crippen LogP contribution < -0.4 is 5.73 Å². The highest BCUT2D eigenvalue weighted by molar-refractivity contribution is 7.80. The summed E-state index contributed by atoms with van der Waals surface area (Å²) in [5, 5.41) is 4.90. The lowest BCUT2D eigenvalue weighted by molar-refractivity contribution is 0.860. The highest BCUT2D eigenvalue weighted by Crippen LogP contribution is 2.19. The first-order chi connectivity index (χ1) is 7.08. The molecule has 0 aliphatic carbocycles. The van der Waals surface area contributed by atoms with Gasteiger partial charge < -0.3 is 5.73 Å². The number of nitrogens with two attached hydrogens (primary N) is 1. The zero-order valence-electron chi connectivity index (χ0n) is 8.26. The molecule has 0 saturated heterocycles. The smallest absolute Gasteiger partial charge is 0.212 e. The third-order valence-electron chi connectivity index (χ3n) is 1.93. The molecule has 2 aromatic rings. The van der Waals surface area contributed by atoms with Gasteiger partial charge in [-0.25, -0.2) is 9.97 Å². The Morgan fingerprint density at radius 1 is 1.53 bits per heavy atom. The van der Waals surface area contributed by atoms with Gasteiger partial charge in [0, 0.05) is 4.88 Å². The molecule has 2 heterocycles. The van der Waals surface area contributed by atoms with Crippen molar-refractivity contribution in [1.82, 2.24) is 19.7 Å². The first-order valence-corrected chi connectivity index (χ1v) is 5.46. The Morgan fingerprint density at radius 3 is 2.73 bits per heavy atom. The Kier molecular flexibility index (Phi) is 2.49. The zero-order chi connectivity index (χ0) is 11.0. The van der Waals surface area contributed by atoms with E-state index < -0.39 is 0 Å². The first-order valence-electron chi connectivity index (χ1n) is 4.24. The number of rotatable bonds is 2. The SMILES string of the molecule is Cc1nc(-n2cnc(C(N)=S)n2)sc1C. The van der Waals surface area contributed by atoms with Gasteiger partial charge in [-0.1, -0.05) is 23.6 Å². The van der Waals surface area contributed by atoms with E-state index in [9.17, 15) is 0 Å². The molecule has 0 fully saturated rings. The normalized spacial score (nSPS) is 10.5. The minimum absolute atomic E-state index is 0.193. The lowest BCUT2D eigenvalue weighted by Crippen LogP contribution is -2.12. The highest BCUT2D eigenvalue weighted by Gasteiger charge is 2.09. The summed E-state index contributed by atoms with van der Waals surface area (Å²) < 4.78 is 1.58. The van der Waals surface area contributed by atoms with Gasteiger partial charge in [0.2, 0.25) is 11.0 Å². The number of thiocarbonyl (C=S) groups is 1. The Bertz CT molecular complexity index is 493. The highest BCUT2D eigenvalue weighted by atomic mass is 32.1. The van der Waals surface area contributed by atoms with E-state index in [1.54, 1.807) is 22.3 Å². The van der Waals surface area contributed by atoms with Gasteiger partial charge in [-0.3, -0.25) is 0 Å². The van der Waals surface area contributed by atoms with Gasteiger partial charge in [-0.05, 0) is 13.8 Å². The van der Waals surface area contributed by atoms with Crippen LogP contribution >= 0.6 is 23.6 Å². The van der Waals surface area contributed by atoms with Crippen LogP contribution in [0.15, 0.2) is 6.33 Å². The number of thiazole rings is 1. The molecule has 0 amide bonds. The van der Waals surface area contributed by atoms with Gasteiger partial charge in [0.15, 0.2) is 0 Å². The quantitative estimate of drug-likeness (QED) is 0.791. The van der Waals surface area contributed by atoms with Crippen LogP contribution in [0.3, 0.4) is 0 Å². The summed E-state index contributed by atoms with van der Waals surface area (Å²) in [5.41, 5.74) is 6.42. The van der Waals surface area contributed by atoms with Crippen molar-refractivity contribution in [2.24, 2.45) is 5.73 Å². The van der Waals surface area contributed by atoms with Crippen LogP contribution in [0.1, 0.15) is 16.4 Å². The van der Waals surface area contributed by atoms with Gasteiger partial charge in [0.25, 0.3) is 0 Å². The Balaban J connectivity index is 2.41. The van der Waals surface area contributed by atoms with Crippen molar-refractivity contribution in [3.8, 4) is 5.13 Å². The van der Waals surface area contributed by atoms with E-state index in [0.717, 1.165) is 15.7 Å². The first kappa shape index (κ1) is 10.2. The summed E-state index contributed by atoms with van der Waals surface area (Å²) in [4.78, 5) is 9.69. The Labute approximate surface area is 96.0 Å². The maximum absolute atomic E-state index is 5.42. The van der Waals surface area contributed by atoms with Gasteiger partial charge in [0.1, 0.15) is 11.3 Å². The van der Waals surface area contributed by atoms with Crippen molar-refractivity contribution in [2.45, 2.75) is 13.8 Å². The number of hydrogen-bond donors (Lipinski definition) is 1. The molecule has 0 spiro atoms. The summed E-state index contributed by atoms with van der Waals surface area (Å²) >= 11 is 6.34. The fourth-order valence-electron chi connectivity index (χ4n) is 1.02. The second-order valence-corrected chi connectivity index (χ2v) is 4.64. The standard InChI is InChI=1S/C8H9N5S2/c1-4-5(2)15-8(11-4)13-3-10-7(12-13)6(9)14/h3H,1-2H3,(H2,9,14). The molecule has 0 bridgehead atoms. The molecule has 5 nitrogen and oxygen atoms in total. The van der Waals surface area contributed by atoms with Gasteiger partial charge in [-0.2, -0.15) is 4.68 Å². The topological polar surface area (TPSA) is 69.6 Å². The number of hydrogen-bond acceptors (Lipinski definition) is 5. The zero-order valence-corrected chi connectivity index (χ0v) is 9.89. The van der Waals surface area contributed by atoms with E-state index >= 15 is 0 Å². The summed E-state index contributed by atoms with van der Waals surface area (Å²) in [6.07, 6.45) is 1.56. The summed E-state index contributed by atoms with van der Waals surface area (Å²) in [6, 6.07) is 0. The van der Waals surface area contributed by atoms with Crippen molar-refractivity contribution in [1.29, 1.82) is 0 Å². The van der Waals surface area contributed by atoms with Crippen LogP contribution in [-0.2, 0) is 0 Å². The van der Waals surface area contributed by atoms with E-state index in [2.05, 4.69) is 15.1 Å². The van der Waals surface area contributed by atoms with Gasteiger partial charge >= 0.3 is 0 Å². The fourth-order valence-corrected chi connectivity index (χ4v) is 1.95. The van der Waals surface area contributed by atoms with Crippen molar-refractivity contribution in [2.75, 3.05) is 0 Å². The molecule has 0 radical (unpaired) electrons. The second kappa shape index (κ2) is 3.67. The van der Waals surface area contributed by atoms with Gasteiger partial charge in [0.05, 0.1) is 5.69 Å². The van der Waals surface area contributed by atoms with Crippen molar-refractivity contribution in [3.63, 3.8) is 0 Å². The van der Waals surface area contributed by atoms with Crippen molar-refractivity contribution < 1.29 is 0 Å². The molecule has 0 atom stereocenters. The Morgan fingerprint density at radius 2 is 2.27 bits per heavy atom. The summed E-state index contributed by atoms with van der Waals surface area (Å²) in [7, 11) is 0. The molecule has 2 N–H and O–H groups in total. The molecule has 0 aliphatic heterocycles. The predicted octanol–water partition coefficient (Wildman–Crippen LogP) is 0.975. The minimum atomic E-state index is 0.193. The molecule has 0 aliphatic rings. The maximum atomic E-state index is 5.42. The predicted molar refractivity (Wildman–Crippen MR) is 62.4 cm³/mol. The molecule has 0 aromatic carbocycles. The molecule has 2 rings (SSSR count). The molecular weight excluding hydrogens is 230 g/mol. The Hall–Kier alpha value is -1.34. The monoisotopic (exact) mass is 239 g/mol. The lowest BCUT2D eigenvalue weighted by Gasteiger charge is -1.91. The van der Waals surface area contributed by atoms with Crippen molar-refractivity contribution in [3.05, 3.63) is 22.7 Å². The molecule has 2 aromatic heterocycles. The molecule has 15 heavy (non-hydrogen) atoms. The lowest BCUT2D eigenvalue weighted by atomic mass is 10.4. The number of nitrogens with zero attached hydrogens (tertiary/aromatic N) is 4. The van der Waals surface area contributed by atoms with E-state index in [-0.39, 0.29) is 4.99 Å². The van der Waals surface area contributed by atoms with Crippen molar-refractivity contribution >= 4 is 28.5 Å². The third-order valence-corrected chi connectivity index (χ3v) is 3.17. The average Bonchev–Trinajstić information content (AvgIpc) is 2.74. The molecular formula is C8H9N5S2. The molecule has 78 valence electrons. The van der Waals surface area contributed by atoms with Crippen LogP contribution in [0.2, 0.25) is 0 Å². The minimum Gasteiger partial charge on any atom is -0.387 e. The summed E-state index contributed by atoms with van der Waals surface area (Å²) in [5.74, 6) is 0.371. The molecule has 0 unspecified atom stereocenters. The van der Waals surface area contributed by atoms with Crippen LogP contribution in [-0.4, -0.2) is 24.7 Å². The number of aryl methyl sites for hydroxylation is 2. The van der Waals surface area contributed by atoms with Crippen LogP contribution in [0, 0.1) is 13.8 Å². The van der Waals surface area contributed by atoms with E-state index in [1.807, 2.05) is 13.8 Å². The average molecular weight is 239 g/mol. The van der Waals surface area contributed by atoms with Crippen LogP contribution in [0.25, 0.3) is 5.13 Å². The van der Waals surface area contributed by atoms with E-state index in [1.165, 1.54) is 0 Å². The van der Waals surface area contributed by atoms with Crippen LogP contribution in [0.5, 0.6) is 0 Å². The maximum Gasteiger partial charge on any atom is 0.212 e. The van der Waals surface area contributed by atoms with E-state index in [4.69, 9.17) is 18.0 Å². The summed E-state index contributed by atoms with van der Waals surface area (Å²) in [6.45, 7) is 3.97. The second-order valence-electron chi connectivity index (χ2n) is 3.02.